The summed E-state index contributed by atoms with van der Waals surface area (Å²) in [6.07, 6.45) is 5.13. The van der Waals surface area contributed by atoms with Gasteiger partial charge in [-0.15, -0.1) is 0 Å². The zero-order chi connectivity index (χ0) is 16.4. The lowest BCUT2D eigenvalue weighted by molar-refractivity contribution is -0.117. The van der Waals surface area contributed by atoms with Crippen LogP contribution >= 0.6 is 11.6 Å². The Morgan fingerprint density at radius 2 is 1.91 bits per heavy atom. The molecule has 1 aromatic rings. The van der Waals surface area contributed by atoms with Gasteiger partial charge < -0.3 is 16.0 Å². The molecule has 3 rings (SSSR count). The molecule has 6 heteroatoms. The molecular formula is C17H22ClN3O2. The fourth-order valence-electron chi connectivity index (χ4n) is 3.71. The first-order valence-electron chi connectivity index (χ1n) is 8.12. The maximum atomic E-state index is 12.3. The Kier molecular flexibility index (Phi) is 4.87. The molecule has 5 nitrogen and oxygen atoms in total. The van der Waals surface area contributed by atoms with E-state index in [0.29, 0.717) is 40.8 Å². The van der Waals surface area contributed by atoms with Crippen LogP contribution < -0.4 is 16.0 Å². The number of carbonyl (C=O) groups is 2. The van der Waals surface area contributed by atoms with Crippen molar-refractivity contribution < 1.29 is 9.59 Å². The van der Waals surface area contributed by atoms with E-state index in [2.05, 4.69) is 16.0 Å². The Labute approximate surface area is 141 Å². The van der Waals surface area contributed by atoms with Crippen LogP contribution in [0, 0.1) is 5.92 Å². The van der Waals surface area contributed by atoms with Crippen LogP contribution in [0.25, 0.3) is 0 Å². The summed E-state index contributed by atoms with van der Waals surface area (Å²) in [5.74, 6) is 0.263. The number of benzene rings is 1. The Bertz CT molecular complexity index is 608. The molecule has 1 aromatic carbocycles. The fourth-order valence-corrected chi connectivity index (χ4v) is 3.87. The van der Waals surface area contributed by atoms with Crippen molar-refractivity contribution in [2.45, 2.75) is 51.1 Å². The summed E-state index contributed by atoms with van der Waals surface area (Å²) < 4.78 is 0. The summed E-state index contributed by atoms with van der Waals surface area (Å²) in [6.45, 7) is 1.44. The number of fused-ring (bicyclic) bond motifs is 2. The molecular weight excluding hydrogens is 314 g/mol. The first-order chi connectivity index (χ1) is 11.0. The highest BCUT2D eigenvalue weighted by Crippen LogP contribution is 2.33. The molecule has 0 saturated carbocycles. The highest BCUT2D eigenvalue weighted by Gasteiger charge is 2.34. The number of halogens is 1. The average Bonchev–Trinajstić information content (AvgIpc) is 2.81. The molecule has 0 spiro atoms. The second kappa shape index (κ2) is 6.89. The van der Waals surface area contributed by atoms with Gasteiger partial charge in [0.2, 0.25) is 11.8 Å². The van der Waals surface area contributed by atoms with Crippen LogP contribution in [0.15, 0.2) is 18.2 Å². The van der Waals surface area contributed by atoms with Crippen molar-refractivity contribution in [2.24, 2.45) is 5.92 Å². The van der Waals surface area contributed by atoms with Gasteiger partial charge in [-0.1, -0.05) is 11.6 Å². The molecule has 0 aliphatic carbocycles. The Hall–Kier alpha value is -1.59. The van der Waals surface area contributed by atoms with Crippen molar-refractivity contribution in [1.29, 1.82) is 0 Å². The second-order valence-corrected chi connectivity index (χ2v) is 7.01. The molecule has 124 valence electrons. The Balaban J connectivity index is 1.60. The molecule has 2 amide bonds. The van der Waals surface area contributed by atoms with Gasteiger partial charge in [0.1, 0.15) is 0 Å². The molecule has 3 N–H and O–H groups in total. The van der Waals surface area contributed by atoms with Gasteiger partial charge in [-0.2, -0.15) is 0 Å². The van der Waals surface area contributed by atoms with E-state index in [-0.39, 0.29) is 11.8 Å². The van der Waals surface area contributed by atoms with Crippen molar-refractivity contribution in [3.63, 3.8) is 0 Å². The van der Waals surface area contributed by atoms with Crippen molar-refractivity contribution in [2.75, 3.05) is 10.6 Å². The number of hydrogen-bond acceptors (Lipinski definition) is 3. The molecule has 2 heterocycles. The zero-order valence-corrected chi connectivity index (χ0v) is 14.0. The molecule has 2 saturated heterocycles. The number of rotatable bonds is 4. The van der Waals surface area contributed by atoms with E-state index in [4.69, 9.17) is 11.6 Å². The van der Waals surface area contributed by atoms with Gasteiger partial charge in [-0.25, -0.2) is 0 Å². The molecule has 0 radical (unpaired) electrons. The average molecular weight is 336 g/mol. The minimum absolute atomic E-state index is 0.0156. The molecule has 23 heavy (non-hydrogen) atoms. The van der Waals surface area contributed by atoms with Gasteiger partial charge in [-0.05, 0) is 49.8 Å². The monoisotopic (exact) mass is 335 g/mol. The third-order valence-electron chi connectivity index (χ3n) is 4.61. The van der Waals surface area contributed by atoms with E-state index in [9.17, 15) is 9.59 Å². The molecule has 2 aliphatic rings. The molecule has 2 bridgehead atoms. The predicted molar refractivity (Wildman–Crippen MR) is 91.7 cm³/mol. The number of hydrogen-bond donors (Lipinski definition) is 3. The maximum absolute atomic E-state index is 12.3. The van der Waals surface area contributed by atoms with Crippen LogP contribution in [0.4, 0.5) is 11.4 Å². The standard InChI is InChI=1S/C17H22ClN3O2/c1-10(22)19-14-4-5-15(18)16(9-14)21-17(23)8-11-6-12-2-3-13(7-11)20-12/h4-5,9,11-13,20H,2-3,6-8H2,1H3,(H,19,22)(H,21,23). The summed E-state index contributed by atoms with van der Waals surface area (Å²) in [6, 6.07) is 6.24. The largest absolute Gasteiger partial charge is 0.326 e. The highest BCUT2D eigenvalue weighted by molar-refractivity contribution is 6.33. The highest BCUT2D eigenvalue weighted by atomic mass is 35.5. The van der Waals surface area contributed by atoms with Crippen molar-refractivity contribution in [3.8, 4) is 0 Å². The third kappa shape index (κ3) is 4.24. The van der Waals surface area contributed by atoms with Crippen molar-refractivity contribution in [3.05, 3.63) is 23.2 Å². The summed E-state index contributed by atoms with van der Waals surface area (Å²) in [4.78, 5) is 23.4. The number of anilines is 2. The number of nitrogens with one attached hydrogen (secondary N) is 3. The van der Waals surface area contributed by atoms with Gasteiger partial charge >= 0.3 is 0 Å². The van der Waals surface area contributed by atoms with Gasteiger partial charge in [0, 0.05) is 31.1 Å². The summed E-state index contributed by atoms with van der Waals surface area (Å²) in [5, 5.41) is 9.62. The number of amides is 2. The van der Waals surface area contributed by atoms with E-state index < -0.39 is 0 Å². The van der Waals surface area contributed by atoms with Crippen LogP contribution in [-0.4, -0.2) is 23.9 Å². The summed E-state index contributed by atoms with van der Waals surface area (Å²) in [7, 11) is 0. The fraction of sp³-hybridized carbons (Fsp3) is 0.529. The number of carbonyl (C=O) groups excluding carboxylic acids is 2. The van der Waals surface area contributed by atoms with Crippen molar-refractivity contribution in [1.82, 2.24) is 5.32 Å². The van der Waals surface area contributed by atoms with E-state index in [0.717, 1.165) is 12.8 Å². The minimum atomic E-state index is -0.158. The van der Waals surface area contributed by atoms with E-state index >= 15 is 0 Å². The van der Waals surface area contributed by atoms with Crippen LogP contribution in [0.5, 0.6) is 0 Å². The third-order valence-corrected chi connectivity index (χ3v) is 4.94. The van der Waals surface area contributed by atoms with Crippen molar-refractivity contribution >= 4 is 34.8 Å². The van der Waals surface area contributed by atoms with Crippen LogP contribution in [0.1, 0.15) is 39.0 Å². The quantitative estimate of drug-likeness (QED) is 0.791. The smallest absolute Gasteiger partial charge is 0.224 e. The molecule has 0 aromatic heterocycles. The van der Waals surface area contributed by atoms with Gasteiger partial charge in [0.15, 0.2) is 0 Å². The number of piperidine rings is 1. The van der Waals surface area contributed by atoms with E-state index in [1.807, 2.05) is 0 Å². The molecule has 2 fully saturated rings. The maximum Gasteiger partial charge on any atom is 0.224 e. The normalized spacial score (nSPS) is 25.9. The van der Waals surface area contributed by atoms with E-state index in [1.165, 1.54) is 19.8 Å². The van der Waals surface area contributed by atoms with Gasteiger partial charge in [0.25, 0.3) is 0 Å². The van der Waals surface area contributed by atoms with Crippen LogP contribution in [0.3, 0.4) is 0 Å². The first kappa shape index (κ1) is 16.3. The van der Waals surface area contributed by atoms with E-state index in [1.54, 1.807) is 18.2 Å². The molecule has 2 atom stereocenters. The Morgan fingerprint density at radius 3 is 2.57 bits per heavy atom. The van der Waals surface area contributed by atoms with Gasteiger partial charge in [-0.3, -0.25) is 9.59 Å². The predicted octanol–water partition coefficient (Wildman–Crippen LogP) is 3.16. The summed E-state index contributed by atoms with van der Waals surface area (Å²) >= 11 is 6.14. The first-order valence-corrected chi connectivity index (χ1v) is 8.50. The lowest BCUT2D eigenvalue weighted by atomic mass is 9.89. The SMILES string of the molecule is CC(=O)Nc1ccc(Cl)c(NC(=O)CC2CC3CCC(C2)N3)c1. The minimum Gasteiger partial charge on any atom is -0.326 e. The Morgan fingerprint density at radius 1 is 1.22 bits per heavy atom. The molecule has 2 aliphatic heterocycles. The zero-order valence-electron chi connectivity index (χ0n) is 13.2. The second-order valence-electron chi connectivity index (χ2n) is 6.60. The topological polar surface area (TPSA) is 70.2 Å². The lowest BCUT2D eigenvalue weighted by Gasteiger charge is -2.28. The van der Waals surface area contributed by atoms with Crippen LogP contribution in [-0.2, 0) is 9.59 Å². The van der Waals surface area contributed by atoms with Gasteiger partial charge in [0.05, 0.1) is 10.7 Å². The lowest BCUT2D eigenvalue weighted by Crippen LogP contribution is -2.39. The van der Waals surface area contributed by atoms with Crippen LogP contribution in [0.2, 0.25) is 5.02 Å². The molecule has 2 unspecified atom stereocenters. The summed E-state index contributed by atoms with van der Waals surface area (Å²) in [5.41, 5.74) is 1.16.